The lowest BCUT2D eigenvalue weighted by atomic mass is 10.0. The van der Waals surface area contributed by atoms with Crippen molar-refractivity contribution in [2.45, 2.75) is 70.0 Å². The van der Waals surface area contributed by atoms with Gasteiger partial charge in [-0.25, -0.2) is 0 Å². The normalized spacial score (nSPS) is 48.8. The zero-order valence-electron chi connectivity index (χ0n) is 11.0. The molecule has 0 radical (unpaired) electrons. The number of ether oxygens (including phenoxy) is 5. The van der Waals surface area contributed by atoms with Gasteiger partial charge in [0.05, 0.1) is 6.10 Å². The summed E-state index contributed by atoms with van der Waals surface area (Å²) >= 11 is 3.45. The van der Waals surface area contributed by atoms with Crippen molar-refractivity contribution < 1.29 is 23.7 Å². The predicted molar refractivity (Wildman–Crippen MR) is 66.3 cm³/mol. The first kappa shape index (κ1) is 13.3. The summed E-state index contributed by atoms with van der Waals surface area (Å²) in [5.41, 5.74) is 0. The quantitative estimate of drug-likeness (QED) is 0.689. The average Bonchev–Trinajstić information content (AvgIpc) is 2.71. The summed E-state index contributed by atoms with van der Waals surface area (Å²) in [5.74, 6) is -1.25. The molecular weight excluding hydrogens is 304 g/mol. The van der Waals surface area contributed by atoms with Crippen LogP contribution in [-0.2, 0) is 23.7 Å². The van der Waals surface area contributed by atoms with Crippen LogP contribution in [0.1, 0.15) is 27.7 Å². The largest absolute Gasteiger partial charge is 0.343 e. The molecule has 6 heteroatoms. The van der Waals surface area contributed by atoms with Crippen molar-refractivity contribution in [2.75, 3.05) is 5.33 Å². The van der Waals surface area contributed by atoms with Crippen LogP contribution in [0.5, 0.6) is 0 Å². The lowest BCUT2D eigenvalue weighted by molar-refractivity contribution is -0.227. The molecule has 104 valence electrons. The second kappa shape index (κ2) is 4.14. The van der Waals surface area contributed by atoms with E-state index in [9.17, 15) is 0 Å². The van der Waals surface area contributed by atoms with Crippen LogP contribution in [0.15, 0.2) is 0 Å². The summed E-state index contributed by atoms with van der Waals surface area (Å²) in [6.07, 6.45) is -0.986. The Hall–Kier alpha value is 0.280. The molecular formula is C12H19BrO5. The molecule has 5 nitrogen and oxygen atoms in total. The Morgan fingerprint density at radius 2 is 1.39 bits per heavy atom. The monoisotopic (exact) mass is 322 g/mol. The number of fused-ring (bicyclic) bond motifs is 3. The SMILES string of the molecule is CC1(C)OC2[C@@H](OC(CBr)[C@@H]3OC(C)(C)O[C@H]23)O1. The highest BCUT2D eigenvalue weighted by Gasteiger charge is 2.60. The highest BCUT2D eigenvalue weighted by molar-refractivity contribution is 9.09. The minimum Gasteiger partial charge on any atom is -0.343 e. The molecule has 0 spiro atoms. The van der Waals surface area contributed by atoms with Crippen LogP contribution in [-0.4, -0.2) is 47.6 Å². The Balaban J connectivity index is 1.86. The van der Waals surface area contributed by atoms with E-state index in [0.717, 1.165) is 0 Å². The minimum absolute atomic E-state index is 0.0875. The molecule has 0 aromatic rings. The molecule has 3 heterocycles. The summed E-state index contributed by atoms with van der Waals surface area (Å²) in [6, 6.07) is 0. The topological polar surface area (TPSA) is 46.2 Å². The van der Waals surface area contributed by atoms with E-state index in [2.05, 4.69) is 15.9 Å². The first-order valence-electron chi connectivity index (χ1n) is 6.24. The molecule has 3 aliphatic heterocycles. The number of rotatable bonds is 1. The second-order valence-corrected chi connectivity index (χ2v) is 6.51. The Labute approximate surface area is 115 Å². The molecule has 3 fully saturated rings. The van der Waals surface area contributed by atoms with E-state index in [4.69, 9.17) is 23.7 Å². The molecule has 0 saturated carbocycles. The number of halogens is 1. The fraction of sp³-hybridized carbons (Fsp3) is 1.00. The van der Waals surface area contributed by atoms with Crippen LogP contribution in [0.25, 0.3) is 0 Å². The van der Waals surface area contributed by atoms with Crippen molar-refractivity contribution in [2.24, 2.45) is 0 Å². The second-order valence-electron chi connectivity index (χ2n) is 5.86. The summed E-state index contributed by atoms with van der Waals surface area (Å²) in [7, 11) is 0. The predicted octanol–water partition coefficient (Wildman–Crippen LogP) is 1.78. The Bertz CT molecular complexity index is 345. The third-order valence-corrected chi connectivity index (χ3v) is 4.04. The molecule has 0 amide bonds. The van der Waals surface area contributed by atoms with Crippen LogP contribution < -0.4 is 0 Å². The van der Waals surface area contributed by atoms with Gasteiger partial charge in [-0.1, -0.05) is 15.9 Å². The molecule has 3 rings (SSSR count). The maximum absolute atomic E-state index is 5.96. The van der Waals surface area contributed by atoms with Gasteiger partial charge in [-0.3, -0.25) is 0 Å². The van der Waals surface area contributed by atoms with E-state index in [1.807, 2.05) is 27.7 Å². The Kier molecular flexibility index (Phi) is 3.05. The third-order valence-electron chi connectivity index (χ3n) is 3.40. The average molecular weight is 323 g/mol. The van der Waals surface area contributed by atoms with Gasteiger partial charge in [0.2, 0.25) is 0 Å². The van der Waals surface area contributed by atoms with Gasteiger partial charge in [-0.15, -0.1) is 0 Å². The van der Waals surface area contributed by atoms with Crippen molar-refractivity contribution >= 4 is 15.9 Å². The summed E-state index contributed by atoms with van der Waals surface area (Å²) in [5, 5.41) is 0.681. The zero-order valence-corrected chi connectivity index (χ0v) is 12.6. The van der Waals surface area contributed by atoms with Gasteiger partial charge in [-0.2, -0.15) is 0 Å². The molecule has 3 saturated heterocycles. The number of hydrogen-bond donors (Lipinski definition) is 0. The Morgan fingerprint density at radius 1 is 0.833 bits per heavy atom. The molecule has 0 aliphatic carbocycles. The van der Waals surface area contributed by atoms with Gasteiger partial charge >= 0.3 is 0 Å². The molecule has 0 aromatic carbocycles. The summed E-state index contributed by atoms with van der Waals surface area (Å²) in [6.45, 7) is 7.58. The van der Waals surface area contributed by atoms with Gasteiger partial charge < -0.3 is 23.7 Å². The van der Waals surface area contributed by atoms with E-state index in [1.165, 1.54) is 0 Å². The van der Waals surface area contributed by atoms with Crippen molar-refractivity contribution in [3.63, 3.8) is 0 Å². The van der Waals surface area contributed by atoms with Gasteiger partial charge in [0.25, 0.3) is 0 Å². The van der Waals surface area contributed by atoms with Gasteiger partial charge in [-0.05, 0) is 27.7 Å². The van der Waals surface area contributed by atoms with Crippen LogP contribution in [0.3, 0.4) is 0 Å². The highest BCUT2D eigenvalue weighted by Crippen LogP contribution is 2.44. The van der Waals surface area contributed by atoms with E-state index in [1.54, 1.807) is 0 Å². The van der Waals surface area contributed by atoms with Crippen molar-refractivity contribution in [3.05, 3.63) is 0 Å². The van der Waals surface area contributed by atoms with Gasteiger partial charge in [0.1, 0.15) is 18.3 Å². The van der Waals surface area contributed by atoms with E-state index >= 15 is 0 Å². The Morgan fingerprint density at radius 3 is 2.06 bits per heavy atom. The first-order chi connectivity index (χ1) is 8.31. The zero-order chi connectivity index (χ0) is 13.1. The van der Waals surface area contributed by atoms with Crippen molar-refractivity contribution in [3.8, 4) is 0 Å². The highest BCUT2D eigenvalue weighted by atomic mass is 79.9. The lowest BCUT2D eigenvalue weighted by Crippen LogP contribution is -2.55. The van der Waals surface area contributed by atoms with E-state index in [-0.39, 0.29) is 30.7 Å². The minimum atomic E-state index is -0.642. The van der Waals surface area contributed by atoms with Gasteiger partial charge in [0, 0.05) is 5.33 Å². The molecule has 0 N–H and O–H groups in total. The van der Waals surface area contributed by atoms with Crippen molar-refractivity contribution in [1.29, 1.82) is 0 Å². The number of alkyl halides is 1. The molecule has 2 unspecified atom stereocenters. The van der Waals surface area contributed by atoms with Gasteiger partial charge in [0.15, 0.2) is 17.9 Å². The molecule has 0 aromatic heterocycles. The maximum atomic E-state index is 5.96. The van der Waals surface area contributed by atoms with E-state index < -0.39 is 11.6 Å². The molecule has 0 bridgehead atoms. The van der Waals surface area contributed by atoms with Crippen LogP contribution in [0, 0.1) is 0 Å². The summed E-state index contributed by atoms with van der Waals surface area (Å²) < 4.78 is 29.4. The van der Waals surface area contributed by atoms with Crippen LogP contribution in [0.4, 0.5) is 0 Å². The first-order valence-corrected chi connectivity index (χ1v) is 7.36. The lowest BCUT2D eigenvalue weighted by Gasteiger charge is -2.36. The molecule has 5 atom stereocenters. The van der Waals surface area contributed by atoms with E-state index in [0.29, 0.717) is 5.33 Å². The fourth-order valence-corrected chi connectivity index (χ4v) is 3.34. The smallest absolute Gasteiger partial charge is 0.190 e. The third kappa shape index (κ3) is 2.13. The van der Waals surface area contributed by atoms with Crippen LogP contribution >= 0.6 is 15.9 Å². The molecule has 18 heavy (non-hydrogen) atoms. The standard InChI is InChI=1S/C12H19BrO5/c1-11(2)15-7-6(5-13)14-10-9(8(7)16-11)17-12(3,4)18-10/h6-10H,5H2,1-4H3/t6?,7-,8-,9?,10-/m0/s1. The summed E-state index contributed by atoms with van der Waals surface area (Å²) in [4.78, 5) is 0. The maximum Gasteiger partial charge on any atom is 0.190 e. The fourth-order valence-electron chi connectivity index (χ4n) is 2.82. The molecule has 3 aliphatic rings. The van der Waals surface area contributed by atoms with Crippen LogP contribution in [0.2, 0.25) is 0 Å². The van der Waals surface area contributed by atoms with Crippen molar-refractivity contribution in [1.82, 2.24) is 0 Å². The number of hydrogen-bond acceptors (Lipinski definition) is 5.